The molecule has 0 spiro atoms. The van der Waals surface area contributed by atoms with Crippen LogP contribution in [0.2, 0.25) is 0 Å². The molecule has 0 aliphatic heterocycles. The molecule has 2 aromatic heterocycles. The maximum absolute atomic E-state index is 5.66. The average molecular weight is 267 g/mol. The predicted molar refractivity (Wildman–Crippen MR) is 68.9 cm³/mol. The van der Waals surface area contributed by atoms with Gasteiger partial charge < -0.3 is 10.3 Å². The Morgan fingerprint density at radius 2 is 2.11 bits per heavy atom. The molecule has 0 saturated heterocycles. The van der Waals surface area contributed by atoms with Gasteiger partial charge in [-0.05, 0) is 13.8 Å². The van der Waals surface area contributed by atoms with E-state index in [0.717, 1.165) is 16.8 Å². The molecule has 8 heteroatoms. The largest absolute Gasteiger partial charge is 0.324 e. The molecule has 0 aliphatic carbocycles. The number of aryl methyl sites for hydroxylation is 1. The van der Waals surface area contributed by atoms with Crippen LogP contribution in [0.4, 0.5) is 0 Å². The van der Waals surface area contributed by atoms with Crippen molar-refractivity contribution in [3.05, 3.63) is 18.0 Å². The SMILES string of the molecule is CC(C)n1c(CN)nnc1SCc1ncnn1C. The van der Waals surface area contributed by atoms with Crippen molar-refractivity contribution in [3.8, 4) is 0 Å². The van der Waals surface area contributed by atoms with E-state index >= 15 is 0 Å². The lowest BCUT2D eigenvalue weighted by atomic mass is 10.4. The van der Waals surface area contributed by atoms with Crippen molar-refractivity contribution in [1.29, 1.82) is 0 Å². The van der Waals surface area contributed by atoms with Gasteiger partial charge >= 0.3 is 0 Å². The highest BCUT2D eigenvalue weighted by Crippen LogP contribution is 2.23. The normalized spacial score (nSPS) is 11.4. The minimum absolute atomic E-state index is 0.292. The number of hydrogen-bond acceptors (Lipinski definition) is 6. The fourth-order valence-corrected chi connectivity index (χ4v) is 2.72. The van der Waals surface area contributed by atoms with E-state index < -0.39 is 0 Å². The van der Waals surface area contributed by atoms with Crippen LogP contribution in [0.25, 0.3) is 0 Å². The molecule has 7 nitrogen and oxygen atoms in total. The summed E-state index contributed by atoms with van der Waals surface area (Å²) in [6, 6.07) is 0.292. The Hall–Kier alpha value is -1.41. The van der Waals surface area contributed by atoms with E-state index in [0.29, 0.717) is 18.3 Å². The zero-order valence-electron chi connectivity index (χ0n) is 10.7. The first-order chi connectivity index (χ1) is 8.63. The molecule has 0 atom stereocenters. The summed E-state index contributed by atoms with van der Waals surface area (Å²) in [6.45, 7) is 4.58. The highest BCUT2D eigenvalue weighted by molar-refractivity contribution is 7.98. The Morgan fingerprint density at radius 3 is 2.67 bits per heavy atom. The minimum atomic E-state index is 0.292. The first-order valence-corrected chi connectivity index (χ1v) is 6.71. The van der Waals surface area contributed by atoms with Crippen LogP contribution in [-0.2, 0) is 19.3 Å². The highest BCUT2D eigenvalue weighted by Gasteiger charge is 2.14. The van der Waals surface area contributed by atoms with Crippen molar-refractivity contribution in [2.24, 2.45) is 12.8 Å². The van der Waals surface area contributed by atoms with Crippen LogP contribution in [0.1, 0.15) is 31.5 Å². The summed E-state index contributed by atoms with van der Waals surface area (Å²) >= 11 is 1.59. The van der Waals surface area contributed by atoms with Crippen LogP contribution < -0.4 is 5.73 Å². The molecule has 0 unspecified atom stereocenters. The van der Waals surface area contributed by atoms with Crippen LogP contribution in [-0.4, -0.2) is 29.5 Å². The number of aromatic nitrogens is 6. The van der Waals surface area contributed by atoms with E-state index in [2.05, 4.69) is 38.7 Å². The fourth-order valence-electron chi connectivity index (χ4n) is 1.64. The summed E-state index contributed by atoms with van der Waals surface area (Å²) in [7, 11) is 1.88. The Kier molecular flexibility index (Phi) is 3.97. The van der Waals surface area contributed by atoms with Crippen LogP contribution in [0.5, 0.6) is 0 Å². The molecule has 0 bridgehead atoms. The molecule has 98 valence electrons. The molecular weight excluding hydrogens is 250 g/mol. The van der Waals surface area contributed by atoms with Crippen molar-refractivity contribution in [2.45, 2.75) is 37.3 Å². The van der Waals surface area contributed by atoms with Crippen LogP contribution in [0.3, 0.4) is 0 Å². The summed E-state index contributed by atoms with van der Waals surface area (Å²) in [5, 5.41) is 13.2. The topological polar surface area (TPSA) is 87.4 Å². The van der Waals surface area contributed by atoms with Crippen molar-refractivity contribution in [1.82, 2.24) is 29.5 Å². The lowest BCUT2D eigenvalue weighted by Crippen LogP contribution is -2.11. The first-order valence-electron chi connectivity index (χ1n) is 5.73. The molecule has 0 radical (unpaired) electrons. The van der Waals surface area contributed by atoms with Crippen molar-refractivity contribution >= 4 is 11.8 Å². The van der Waals surface area contributed by atoms with Crippen molar-refractivity contribution in [3.63, 3.8) is 0 Å². The quantitative estimate of drug-likeness (QED) is 0.804. The molecule has 0 saturated carbocycles. The molecule has 2 heterocycles. The van der Waals surface area contributed by atoms with Crippen molar-refractivity contribution < 1.29 is 0 Å². The van der Waals surface area contributed by atoms with E-state index in [1.165, 1.54) is 0 Å². The summed E-state index contributed by atoms with van der Waals surface area (Å²) in [4.78, 5) is 4.18. The van der Waals surface area contributed by atoms with Crippen molar-refractivity contribution in [2.75, 3.05) is 0 Å². The summed E-state index contributed by atoms with van der Waals surface area (Å²) in [5.41, 5.74) is 5.66. The lowest BCUT2D eigenvalue weighted by molar-refractivity contribution is 0.526. The first kappa shape index (κ1) is 13.0. The van der Waals surface area contributed by atoms with Gasteiger partial charge in [-0.1, -0.05) is 11.8 Å². The van der Waals surface area contributed by atoms with Gasteiger partial charge in [0.1, 0.15) is 18.0 Å². The minimum Gasteiger partial charge on any atom is -0.324 e. The van der Waals surface area contributed by atoms with Gasteiger partial charge in [-0.15, -0.1) is 10.2 Å². The molecule has 2 aromatic rings. The smallest absolute Gasteiger partial charge is 0.191 e. The predicted octanol–water partition coefficient (Wildman–Crippen LogP) is 0.739. The molecule has 0 aromatic carbocycles. The molecule has 2 N–H and O–H groups in total. The van der Waals surface area contributed by atoms with Gasteiger partial charge in [0, 0.05) is 13.1 Å². The van der Waals surface area contributed by atoms with E-state index in [-0.39, 0.29) is 0 Å². The second-order valence-corrected chi connectivity index (χ2v) is 5.10. The third kappa shape index (κ3) is 2.54. The third-order valence-corrected chi connectivity index (χ3v) is 3.51. The Labute approximate surface area is 110 Å². The van der Waals surface area contributed by atoms with Crippen LogP contribution >= 0.6 is 11.8 Å². The van der Waals surface area contributed by atoms with Gasteiger partial charge in [0.15, 0.2) is 5.16 Å². The highest BCUT2D eigenvalue weighted by atomic mass is 32.2. The number of thioether (sulfide) groups is 1. The van der Waals surface area contributed by atoms with E-state index in [9.17, 15) is 0 Å². The summed E-state index contributed by atoms with van der Waals surface area (Å²) in [6.07, 6.45) is 1.55. The second kappa shape index (κ2) is 5.49. The van der Waals surface area contributed by atoms with Gasteiger partial charge in [-0.3, -0.25) is 4.68 Å². The maximum Gasteiger partial charge on any atom is 0.191 e. The molecule has 2 rings (SSSR count). The second-order valence-electron chi connectivity index (χ2n) is 4.16. The van der Waals surface area contributed by atoms with E-state index in [1.54, 1.807) is 22.8 Å². The van der Waals surface area contributed by atoms with E-state index in [4.69, 9.17) is 5.73 Å². The third-order valence-electron chi connectivity index (χ3n) is 2.57. The Bertz CT molecular complexity index is 516. The van der Waals surface area contributed by atoms with Crippen LogP contribution in [0.15, 0.2) is 11.5 Å². The number of nitrogens with zero attached hydrogens (tertiary/aromatic N) is 6. The van der Waals surface area contributed by atoms with Gasteiger partial charge in [-0.25, -0.2) is 4.98 Å². The van der Waals surface area contributed by atoms with Gasteiger partial charge in [0.2, 0.25) is 0 Å². The standard InChI is InChI=1S/C10H17N7S/c1-7(2)17-8(4-11)14-15-10(17)18-5-9-12-6-13-16(9)3/h6-7H,4-5,11H2,1-3H3. The van der Waals surface area contributed by atoms with Gasteiger partial charge in [0.05, 0.1) is 12.3 Å². The zero-order chi connectivity index (χ0) is 13.1. The molecule has 18 heavy (non-hydrogen) atoms. The number of hydrogen-bond donors (Lipinski definition) is 1. The molecule has 0 aliphatic rings. The maximum atomic E-state index is 5.66. The fraction of sp³-hybridized carbons (Fsp3) is 0.600. The van der Waals surface area contributed by atoms with Gasteiger partial charge in [0.25, 0.3) is 0 Å². The average Bonchev–Trinajstić information content (AvgIpc) is 2.92. The Morgan fingerprint density at radius 1 is 1.33 bits per heavy atom. The molecular formula is C10H17N7S. The monoisotopic (exact) mass is 267 g/mol. The summed E-state index contributed by atoms with van der Waals surface area (Å²) in [5.74, 6) is 2.43. The summed E-state index contributed by atoms with van der Waals surface area (Å²) < 4.78 is 3.81. The zero-order valence-corrected chi connectivity index (χ0v) is 11.6. The van der Waals surface area contributed by atoms with Gasteiger partial charge in [-0.2, -0.15) is 5.10 Å². The van der Waals surface area contributed by atoms with Crippen LogP contribution in [0, 0.1) is 0 Å². The Balaban J connectivity index is 2.14. The molecule has 0 fully saturated rings. The number of nitrogens with two attached hydrogens (primary N) is 1. The molecule has 0 amide bonds. The number of rotatable bonds is 5. The van der Waals surface area contributed by atoms with E-state index in [1.807, 2.05) is 7.05 Å². The lowest BCUT2D eigenvalue weighted by Gasteiger charge is -2.12.